The van der Waals surface area contributed by atoms with E-state index in [0.717, 1.165) is 0 Å². The van der Waals surface area contributed by atoms with E-state index in [0.29, 0.717) is 5.82 Å². The lowest BCUT2D eigenvalue weighted by atomic mass is 10.5. The molecule has 1 aromatic heterocycles. The van der Waals surface area contributed by atoms with Crippen molar-refractivity contribution in [3.8, 4) is 0 Å². The Morgan fingerprint density at radius 1 is 1.69 bits per heavy atom. The van der Waals surface area contributed by atoms with E-state index in [1.165, 1.54) is 7.05 Å². The highest BCUT2D eigenvalue weighted by Gasteiger charge is 2.05. The van der Waals surface area contributed by atoms with Crippen molar-refractivity contribution in [2.24, 2.45) is 4.99 Å². The molecular formula is C7H9N3O2S. The molecule has 0 aliphatic heterocycles. The average Bonchev–Trinajstić information content (AvgIpc) is 2.15. The summed E-state index contributed by atoms with van der Waals surface area (Å²) in [4.78, 5) is 7.51. The van der Waals surface area contributed by atoms with Crippen LogP contribution >= 0.6 is 0 Å². The SMILES string of the molecule is CN=C(Nc1ccccn1)S(=O)O. The zero-order valence-corrected chi connectivity index (χ0v) is 7.78. The van der Waals surface area contributed by atoms with E-state index in [9.17, 15) is 4.21 Å². The summed E-state index contributed by atoms with van der Waals surface area (Å²) >= 11 is -2.10. The molecule has 1 heterocycles. The van der Waals surface area contributed by atoms with Gasteiger partial charge in [0.2, 0.25) is 16.2 Å². The van der Waals surface area contributed by atoms with Gasteiger partial charge < -0.3 is 5.32 Å². The third-order valence-electron chi connectivity index (χ3n) is 1.27. The Hall–Kier alpha value is -1.27. The van der Waals surface area contributed by atoms with Crippen LogP contribution in [0.5, 0.6) is 0 Å². The number of nitrogens with one attached hydrogen (secondary N) is 1. The second-order valence-corrected chi connectivity index (χ2v) is 3.00. The molecular weight excluding hydrogens is 190 g/mol. The van der Waals surface area contributed by atoms with Crippen LogP contribution in [0.1, 0.15) is 0 Å². The predicted molar refractivity (Wildman–Crippen MR) is 52.0 cm³/mol. The number of pyridine rings is 1. The number of nitrogens with zero attached hydrogens (tertiary/aromatic N) is 2. The van der Waals surface area contributed by atoms with Crippen molar-refractivity contribution < 1.29 is 8.76 Å². The molecule has 6 heteroatoms. The maximum Gasteiger partial charge on any atom is 0.223 e. The van der Waals surface area contributed by atoms with Gasteiger partial charge in [0, 0.05) is 13.2 Å². The van der Waals surface area contributed by atoms with Gasteiger partial charge in [-0.1, -0.05) is 6.07 Å². The third kappa shape index (κ3) is 2.92. The lowest BCUT2D eigenvalue weighted by molar-refractivity contribution is 0.577. The fourth-order valence-corrected chi connectivity index (χ4v) is 1.07. The highest BCUT2D eigenvalue weighted by molar-refractivity contribution is 7.95. The van der Waals surface area contributed by atoms with E-state index in [1.807, 2.05) is 0 Å². The summed E-state index contributed by atoms with van der Waals surface area (Å²) in [6.07, 6.45) is 1.58. The van der Waals surface area contributed by atoms with Crippen molar-refractivity contribution in [3.05, 3.63) is 24.4 Å². The van der Waals surface area contributed by atoms with Crippen molar-refractivity contribution in [2.75, 3.05) is 12.4 Å². The first kappa shape index (κ1) is 9.82. The Morgan fingerprint density at radius 3 is 2.92 bits per heavy atom. The zero-order chi connectivity index (χ0) is 9.68. The molecule has 13 heavy (non-hydrogen) atoms. The van der Waals surface area contributed by atoms with Crippen molar-refractivity contribution in [1.82, 2.24) is 4.98 Å². The van der Waals surface area contributed by atoms with Crippen LogP contribution in [0.25, 0.3) is 0 Å². The van der Waals surface area contributed by atoms with Crippen LogP contribution in [0.15, 0.2) is 29.4 Å². The van der Waals surface area contributed by atoms with Crippen LogP contribution in [0.3, 0.4) is 0 Å². The largest absolute Gasteiger partial charge is 0.316 e. The molecule has 1 unspecified atom stereocenters. The maximum atomic E-state index is 10.6. The van der Waals surface area contributed by atoms with Gasteiger partial charge in [0.05, 0.1) is 0 Å². The summed E-state index contributed by atoms with van der Waals surface area (Å²) in [6.45, 7) is 0. The molecule has 0 saturated carbocycles. The van der Waals surface area contributed by atoms with Gasteiger partial charge in [-0.15, -0.1) is 0 Å². The predicted octanol–water partition coefficient (Wildman–Crippen LogP) is 0.701. The van der Waals surface area contributed by atoms with Gasteiger partial charge in [-0.25, -0.2) is 9.19 Å². The summed E-state index contributed by atoms with van der Waals surface area (Å²) in [6, 6.07) is 5.20. The van der Waals surface area contributed by atoms with Gasteiger partial charge >= 0.3 is 0 Å². The number of aromatic nitrogens is 1. The minimum absolute atomic E-state index is 0.0151. The molecule has 1 atom stereocenters. The molecule has 0 aliphatic rings. The summed E-state index contributed by atoms with van der Waals surface area (Å²) < 4.78 is 19.3. The molecule has 0 spiro atoms. The van der Waals surface area contributed by atoms with E-state index < -0.39 is 11.1 Å². The first-order chi connectivity index (χ1) is 6.24. The lowest BCUT2D eigenvalue weighted by Crippen LogP contribution is -2.17. The van der Waals surface area contributed by atoms with Crippen molar-refractivity contribution >= 4 is 22.1 Å². The van der Waals surface area contributed by atoms with Crippen molar-refractivity contribution in [3.63, 3.8) is 0 Å². The molecule has 0 bridgehead atoms. The molecule has 1 aromatic rings. The van der Waals surface area contributed by atoms with Crippen LogP contribution in [-0.2, 0) is 11.1 Å². The van der Waals surface area contributed by atoms with E-state index in [2.05, 4.69) is 15.3 Å². The first-order valence-electron chi connectivity index (χ1n) is 3.49. The molecule has 1 rings (SSSR count). The van der Waals surface area contributed by atoms with Crippen LogP contribution in [0.4, 0.5) is 5.82 Å². The van der Waals surface area contributed by atoms with E-state index in [-0.39, 0.29) is 5.17 Å². The summed E-state index contributed by atoms with van der Waals surface area (Å²) in [5.74, 6) is 0.491. The van der Waals surface area contributed by atoms with E-state index >= 15 is 0 Å². The fraction of sp³-hybridized carbons (Fsp3) is 0.143. The Bertz CT molecular complexity index is 326. The van der Waals surface area contributed by atoms with E-state index in [1.54, 1.807) is 24.4 Å². The first-order valence-corrected chi connectivity index (χ1v) is 4.60. The van der Waals surface area contributed by atoms with Crippen LogP contribution in [-0.4, -0.2) is 26.0 Å². The lowest BCUT2D eigenvalue weighted by Gasteiger charge is -2.03. The van der Waals surface area contributed by atoms with Gasteiger partial charge in [0.15, 0.2) is 0 Å². The van der Waals surface area contributed by atoms with Crippen LogP contribution < -0.4 is 5.32 Å². The van der Waals surface area contributed by atoms with Crippen LogP contribution in [0, 0.1) is 0 Å². The molecule has 0 radical (unpaired) electrons. The number of rotatable bonds is 1. The smallest absolute Gasteiger partial charge is 0.223 e. The Labute approximate surface area is 78.2 Å². The Kier molecular flexibility index (Phi) is 3.53. The molecule has 0 saturated heterocycles. The number of hydrogen-bond acceptors (Lipinski definition) is 3. The summed E-state index contributed by atoms with van der Waals surface area (Å²) in [5, 5.41) is 2.60. The van der Waals surface area contributed by atoms with Crippen molar-refractivity contribution in [1.29, 1.82) is 0 Å². The van der Waals surface area contributed by atoms with Crippen molar-refractivity contribution in [2.45, 2.75) is 0 Å². The van der Waals surface area contributed by atoms with Gasteiger partial charge in [0.25, 0.3) is 0 Å². The standard InChI is InChI=1S/C7H9N3O2S/c1-8-7(13(11)12)10-6-4-2-3-5-9-6/h2-5H,1H3,(H,11,12)(H,8,9,10). The molecule has 0 aromatic carbocycles. The minimum Gasteiger partial charge on any atom is -0.316 e. The molecule has 2 N–H and O–H groups in total. The normalized spacial score (nSPS) is 13.8. The third-order valence-corrected chi connectivity index (χ3v) is 1.88. The number of amidine groups is 1. The number of hydrogen-bond donors (Lipinski definition) is 2. The highest BCUT2D eigenvalue weighted by Crippen LogP contribution is 2.00. The molecule has 0 fully saturated rings. The van der Waals surface area contributed by atoms with Gasteiger partial charge in [0.1, 0.15) is 5.82 Å². The summed E-state index contributed by atoms with van der Waals surface area (Å²) in [5.41, 5.74) is 0. The van der Waals surface area contributed by atoms with E-state index in [4.69, 9.17) is 4.55 Å². The highest BCUT2D eigenvalue weighted by atomic mass is 32.2. The fourth-order valence-electron chi connectivity index (χ4n) is 0.724. The van der Waals surface area contributed by atoms with Crippen LogP contribution in [0.2, 0.25) is 0 Å². The topological polar surface area (TPSA) is 74.6 Å². The Balaban J connectivity index is 2.74. The quantitative estimate of drug-likeness (QED) is 0.396. The molecule has 70 valence electrons. The van der Waals surface area contributed by atoms with Gasteiger partial charge in [-0.05, 0) is 12.1 Å². The Morgan fingerprint density at radius 2 is 2.46 bits per heavy atom. The van der Waals surface area contributed by atoms with Gasteiger partial charge in [-0.2, -0.15) is 0 Å². The molecule has 0 amide bonds. The second-order valence-electron chi connectivity index (χ2n) is 2.12. The molecule has 5 nitrogen and oxygen atoms in total. The monoisotopic (exact) mass is 199 g/mol. The minimum atomic E-state index is -2.10. The molecule has 0 aliphatic carbocycles. The second kappa shape index (κ2) is 4.68. The average molecular weight is 199 g/mol. The zero-order valence-electron chi connectivity index (χ0n) is 6.97. The number of aliphatic imine (C=N–C) groups is 1. The maximum absolute atomic E-state index is 10.6. The number of anilines is 1. The van der Waals surface area contributed by atoms with Gasteiger partial charge in [-0.3, -0.25) is 9.55 Å². The summed E-state index contributed by atoms with van der Waals surface area (Å²) in [7, 11) is 1.43.